The molecule has 5 rings (SSSR count). The van der Waals surface area contributed by atoms with Crippen molar-refractivity contribution in [2.45, 2.75) is 50.5 Å². The molecular formula is C17H24N2O3. The van der Waals surface area contributed by atoms with Crippen LogP contribution in [-0.2, 0) is 9.53 Å². The number of hydrogen-bond donors (Lipinski definition) is 1. The zero-order valence-electron chi connectivity index (χ0n) is 13.0. The molecule has 0 bridgehead atoms. The second kappa shape index (κ2) is 4.18. The first-order valence-corrected chi connectivity index (χ1v) is 8.80. The highest BCUT2D eigenvalue weighted by molar-refractivity contribution is 5.82. The van der Waals surface area contributed by atoms with Gasteiger partial charge in [-0.3, -0.25) is 4.79 Å². The van der Waals surface area contributed by atoms with E-state index in [4.69, 9.17) is 4.74 Å². The Morgan fingerprint density at radius 1 is 1.14 bits per heavy atom. The van der Waals surface area contributed by atoms with Crippen molar-refractivity contribution in [3.8, 4) is 0 Å². The smallest absolute Gasteiger partial charge is 0.407 e. The van der Waals surface area contributed by atoms with E-state index >= 15 is 0 Å². The molecule has 2 heterocycles. The summed E-state index contributed by atoms with van der Waals surface area (Å²) in [6.07, 6.45) is 8.16. The summed E-state index contributed by atoms with van der Waals surface area (Å²) in [5, 5.41) is 2.87. The molecule has 1 N–H and O–H groups in total. The number of amides is 2. The Bertz CT molecular complexity index is 530. The molecule has 3 saturated carbocycles. The average Bonchev–Trinajstić information content (AvgIpc) is 3.04. The third-order valence-electron chi connectivity index (χ3n) is 6.86. The molecule has 0 aromatic heterocycles. The summed E-state index contributed by atoms with van der Waals surface area (Å²) in [6, 6.07) is 0. The second-order valence-electron chi connectivity index (χ2n) is 8.62. The number of likely N-dealkylation sites (tertiary alicyclic amines) is 1. The summed E-state index contributed by atoms with van der Waals surface area (Å²) in [5.74, 6) is 2.38. The third-order valence-corrected chi connectivity index (χ3v) is 6.86. The van der Waals surface area contributed by atoms with Crippen molar-refractivity contribution >= 4 is 12.0 Å². The molecule has 2 amide bonds. The molecule has 5 fully saturated rings. The highest BCUT2D eigenvalue weighted by Crippen LogP contribution is 2.55. The minimum Gasteiger partial charge on any atom is -0.447 e. The van der Waals surface area contributed by atoms with Crippen LogP contribution in [0.2, 0.25) is 0 Å². The number of ether oxygens (including phenoxy) is 1. The molecule has 0 aromatic carbocycles. The van der Waals surface area contributed by atoms with Crippen LogP contribution in [0.15, 0.2) is 0 Å². The van der Waals surface area contributed by atoms with Crippen molar-refractivity contribution in [3.63, 3.8) is 0 Å². The van der Waals surface area contributed by atoms with Crippen LogP contribution >= 0.6 is 0 Å². The molecule has 5 aliphatic rings. The maximum absolute atomic E-state index is 12.6. The van der Waals surface area contributed by atoms with E-state index in [1.165, 1.54) is 32.1 Å². The topological polar surface area (TPSA) is 58.6 Å². The molecule has 0 aromatic rings. The highest BCUT2D eigenvalue weighted by atomic mass is 16.6. The van der Waals surface area contributed by atoms with Crippen molar-refractivity contribution in [1.29, 1.82) is 0 Å². The molecule has 1 unspecified atom stereocenters. The normalized spacial score (nSPS) is 42.0. The van der Waals surface area contributed by atoms with Gasteiger partial charge in [-0.15, -0.1) is 0 Å². The van der Waals surface area contributed by atoms with Crippen LogP contribution in [-0.4, -0.2) is 42.1 Å². The van der Waals surface area contributed by atoms with Crippen molar-refractivity contribution in [2.75, 3.05) is 19.7 Å². The number of alkyl carbamates (subject to hydrolysis) is 1. The monoisotopic (exact) mass is 304 g/mol. The Morgan fingerprint density at radius 2 is 1.91 bits per heavy atom. The Kier molecular flexibility index (Phi) is 2.51. The summed E-state index contributed by atoms with van der Waals surface area (Å²) in [6.45, 7) is 2.41. The molecule has 2 saturated heterocycles. The zero-order chi connectivity index (χ0) is 14.9. The van der Waals surface area contributed by atoms with E-state index < -0.39 is 0 Å². The number of carbonyl (C=O) groups excluding carboxylic acids is 2. The van der Waals surface area contributed by atoms with E-state index in [1.807, 2.05) is 0 Å². The minimum atomic E-state index is -0.328. The summed E-state index contributed by atoms with van der Waals surface area (Å²) >= 11 is 0. The predicted molar refractivity (Wildman–Crippen MR) is 79.0 cm³/mol. The van der Waals surface area contributed by atoms with Gasteiger partial charge in [0, 0.05) is 24.4 Å². The molecule has 1 atom stereocenters. The van der Waals surface area contributed by atoms with Crippen LogP contribution < -0.4 is 5.32 Å². The maximum Gasteiger partial charge on any atom is 0.407 e. The standard InChI is InChI=1S/C17H24N2O3/c20-14(13-6-17(7-13)10-22-15(21)18-17)19-8-16(9-19)4-3-12(5-16)11-1-2-11/h11-13H,1-10H2,(H,18,21). The van der Waals surface area contributed by atoms with Gasteiger partial charge in [-0.2, -0.15) is 0 Å². The van der Waals surface area contributed by atoms with Gasteiger partial charge < -0.3 is 15.0 Å². The van der Waals surface area contributed by atoms with Crippen molar-refractivity contribution < 1.29 is 14.3 Å². The van der Waals surface area contributed by atoms with E-state index in [2.05, 4.69) is 10.2 Å². The third kappa shape index (κ3) is 1.90. The van der Waals surface area contributed by atoms with Gasteiger partial charge in [-0.1, -0.05) is 0 Å². The molecule has 5 heteroatoms. The van der Waals surface area contributed by atoms with Gasteiger partial charge in [-0.05, 0) is 56.8 Å². The van der Waals surface area contributed by atoms with Gasteiger partial charge in [-0.25, -0.2) is 4.79 Å². The van der Waals surface area contributed by atoms with E-state index in [0.29, 0.717) is 17.9 Å². The highest BCUT2D eigenvalue weighted by Gasteiger charge is 2.57. The van der Waals surface area contributed by atoms with Gasteiger partial charge in [0.05, 0.1) is 5.54 Å². The Morgan fingerprint density at radius 3 is 2.55 bits per heavy atom. The van der Waals surface area contributed by atoms with Crippen LogP contribution in [0.4, 0.5) is 4.79 Å². The second-order valence-corrected chi connectivity index (χ2v) is 8.62. The molecule has 0 radical (unpaired) electrons. The largest absolute Gasteiger partial charge is 0.447 e. The van der Waals surface area contributed by atoms with E-state index in [0.717, 1.165) is 37.8 Å². The van der Waals surface area contributed by atoms with Crippen molar-refractivity contribution in [2.24, 2.45) is 23.2 Å². The fourth-order valence-electron chi connectivity index (χ4n) is 5.46. The maximum atomic E-state index is 12.6. The lowest BCUT2D eigenvalue weighted by Gasteiger charge is -2.52. The van der Waals surface area contributed by atoms with Crippen LogP contribution in [0.5, 0.6) is 0 Å². The molecule has 2 aliphatic heterocycles. The van der Waals surface area contributed by atoms with E-state index in [-0.39, 0.29) is 17.6 Å². The molecule has 5 nitrogen and oxygen atoms in total. The Hall–Kier alpha value is -1.26. The van der Waals surface area contributed by atoms with E-state index in [9.17, 15) is 9.59 Å². The first-order valence-electron chi connectivity index (χ1n) is 8.80. The molecule has 3 aliphatic carbocycles. The Labute approximate surface area is 130 Å². The van der Waals surface area contributed by atoms with Crippen molar-refractivity contribution in [3.05, 3.63) is 0 Å². The number of rotatable bonds is 2. The SMILES string of the molecule is O=C1NC2(CO1)CC(C(=O)N1CC3(CCC(C4CC4)C3)C1)C2. The number of carbonyl (C=O) groups is 2. The van der Waals surface area contributed by atoms with Crippen molar-refractivity contribution in [1.82, 2.24) is 10.2 Å². The van der Waals surface area contributed by atoms with Gasteiger partial charge in [0.25, 0.3) is 0 Å². The number of nitrogens with one attached hydrogen (secondary N) is 1. The molecular weight excluding hydrogens is 280 g/mol. The van der Waals surface area contributed by atoms with Gasteiger partial charge in [0.2, 0.25) is 5.91 Å². The zero-order valence-corrected chi connectivity index (χ0v) is 13.0. The van der Waals surface area contributed by atoms with Gasteiger partial charge in [0.1, 0.15) is 6.61 Å². The number of nitrogens with zero attached hydrogens (tertiary/aromatic N) is 1. The number of cyclic esters (lactones) is 1. The van der Waals surface area contributed by atoms with E-state index in [1.54, 1.807) is 0 Å². The van der Waals surface area contributed by atoms with Gasteiger partial charge in [0.15, 0.2) is 0 Å². The van der Waals surface area contributed by atoms with Crippen LogP contribution in [0.25, 0.3) is 0 Å². The first-order chi connectivity index (χ1) is 10.6. The Balaban J connectivity index is 1.14. The molecule has 2 spiro atoms. The fourth-order valence-corrected chi connectivity index (χ4v) is 5.46. The summed E-state index contributed by atoms with van der Waals surface area (Å²) < 4.78 is 4.98. The lowest BCUT2D eigenvalue weighted by Crippen LogP contribution is -2.63. The van der Waals surface area contributed by atoms with Crippen LogP contribution in [0.3, 0.4) is 0 Å². The summed E-state index contributed by atoms with van der Waals surface area (Å²) in [5.41, 5.74) is 0.236. The summed E-state index contributed by atoms with van der Waals surface area (Å²) in [4.78, 5) is 25.8. The lowest BCUT2D eigenvalue weighted by molar-refractivity contribution is -0.153. The predicted octanol–water partition coefficient (Wildman–Crippen LogP) is 1.91. The summed E-state index contributed by atoms with van der Waals surface area (Å²) in [7, 11) is 0. The van der Waals surface area contributed by atoms with Crippen LogP contribution in [0, 0.1) is 23.2 Å². The van der Waals surface area contributed by atoms with Gasteiger partial charge >= 0.3 is 6.09 Å². The molecule has 22 heavy (non-hydrogen) atoms. The fraction of sp³-hybridized carbons (Fsp3) is 0.882. The first kappa shape index (κ1) is 13.2. The van der Waals surface area contributed by atoms with Crippen LogP contribution in [0.1, 0.15) is 44.9 Å². The quantitative estimate of drug-likeness (QED) is 0.848. The number of hydrogen-bond acceptors (Lipinski definition) is 3. The molecule has 120 valence electrons. The lowest BCUT2D eigenvalue weighted by atomic mass is 9.67. The average molecular weight is 304 g/mol. The minimum absolute atomic E-state index is 0.0972.